The molecule has 2 atom stereocenters. The summed E-state index contributed by atoms with van der Waals surface area (Å²) in [5.41, 5.74) is 2.73. The SMILES string of the molecule is O=C(NCCC(O)c1ccc2c(cnn2C2CCCCO2)c1)OCc1ccccc1. The summed E-state index contributed by atoms with van der Waals surface area (Å²) in [7, 11) is 0. The van der Waals surface area contributed by atoms with Gasteiger partial charge in [-0.2, -0.15) is 5.10 Å². The second-order valence-electron chi connectivity index (χ2n) is 7.52. The van der Waals surface area contributed by atoms with Crippen LogP contribution in [0.3, 0.4) is 0 Å². The summed E-state index contributed by atoms with van der Waals surface area (Å²) in [5.74, 6) is 0. The summed E-state index contributed by atoms with van der Waals surface area (Å²) in [5, 5.41) is 18.7. The second-order valence-corrected chi connectivity index (χ2v) is 7.52. The van der Waals surface area contributed by atoms with Gasteiger partial charge in [0.1, 0.15) is 6.61 Å². The van der Waals surface area contributed by atoms with E-state index in [0.29, 0.717) is 13.0 Å². The summed E-state index contributed by atoms with van der Waals surface area (Å²) in [6, 6.07) is 15.3. The van der Waals surface area contributed by atoms with E-state index in [-0.39, 0.29) is 12.8 Å². The number of benzene rings is 2. The van der Waals surface area contributed by atoms with E-state index in [4.69, 9.17) is 9.47 Å². The Morgan fingerprint density at radius 1 is 1.27 bits per heavy atom. The Morgan fingerprint density at radius 3 is 2.93 bits per heavy atom. The zero-order valence-electron chi connectivity index (χ0n) is 16.9. The molecule has 2 N–H and O–H groups in total. The smallest absolute Gasteiger partial charge is 0.407 e. The topological polar surface area (TPSA) is 85.6 Å². The molecule has 1 amide bonds. The minimum Gasteiger partial charge on any atom is -0.445 e. The van der Waals surface area contributed by atoms with E-state index >= 15 is 0 Å². The molecule has 3 aromatic rings. The minimum absolute atomic E-state index is 0.0156. The molecule has 0 radical (unpaired) electrons. The van der Waals surface area contributed by atoms with Crippen molar-refractivity contribution < 1.29 is 19.4 Å². The number of carbonyl (C=O) groups excluding carboxylic acids is 1. The van der Waals surface area contributed by atoms with Gasteiger partial charge in [-0.3, -0.25) is 0 Å². The van der Waals surface area contributed by atoms with Gasteiger partial charge in [-0.15, -0.1) is 0 Å². The van der Waals surface area contributed by atoms with Crippen molar-refractivity contribution in [1.29, 1.82) is 0 Å². The van der Waals surface area contributed by atoms with Crippen LogP contribution in [0.5, 0.6) is 0 Å². The summed E-state index contributed by atoms with van der Waals surface area (Å²) < 4.78 is 12.9. The third-order valence-electron chi connectivity index (χ3n) is 5.33. The van der Waals surface area contributed by atoms with Crippen molar-refractivity contribution in [2.75, 3.05) is 13.2 Å². The van der Waals surface area contributed by atoms with Crippen molar-refractivity contribution in [3.05, 3.63) is 65.9 Å². The van der Waals surface area contributed by atoms with E-state index < -0.39 is 12.2 Å². The molecule has 1 aromatic heterocycles. The second kappa shape index (κ2) is 9.73. The molecular formula is C23H27N3O4. The quantitative estimate of drug-likeness (QED) is 0.614. The lowest BCUT2D eigenvalue weighted by molar-refractivity contribution is -0.0366. The van der Waals surface area contributed by atoms with Crippen LogP contribution in [-0.4, -0.2) is 34.1 Å². The number of aliphatic hydroxyl groups excluding tert-OH is 1. The number of fused-ring (bicyclic) bond motifs is 1. The number of aliphatic hydroxyl groups is 1. The molecule has 0 bridgehead atoms. The maximum atomic E-state index is 11.8. The minimum atomic E-state index is -0.682. The molecule has 0 aliphatic carbocycles. The normalized spacial score (nSPS) is 17.6. The van der Waals surface area contributed by atoms with Gasteiger partial charge in [-0.05, 0) is 48.9 Å². The number of alkyl carbamates (subject to hydrolysis) is 1. The summed E-state index contributed by atoms with van der Waals surface area (Å²) in [6.07, 6.45) is 4.22. The van der Waals surface area contributed by atoms with Crippen molar-refractivity contribution in [3.63, 3.8) is 0 Å². The Balaban J connectivity index is 1.28. The van der Waals surface area contributed by atoms with Gasteiger partial charge in [0.05, 0.1) is 17.8 Å². The highest BCUT2D eigenvalue weighted by atomic mass is 16.5. The molecule has 7 heteroatoms. The molecule has 1 aliphatic heterocycles. The van der Waals surface area contributed by atoms with Crippen molar-refractivity contribution in [2.45, 2.75) is 44.6 Å². The lowest BCUT2D eigenvalue weighted by Crippen LogP contribution is -2.26. The van der Waals surface area contributed by atoms with Gasteiger partial charge < -0.3 is 19.9 Å². The van der Waals surface area contributed by atoms with Crippen molar-refractivity contribution in [2.24, 2.45) is 0 Å². The third-order valence-corrected chi connectivity index (χ3v) is 5.33. The summed E-state index contributed by atoms with van der Waals surface area (Å²) in [6.45, 7) is 1.31. The fraction of sp³-hybridized carbons (Fsp3) is 0.391. The number of aromatic nitrogens is 2. The Labute approximate surface area is 175 Å². The highest BCUT2D eigenvalue weighted by Crippen LogP contribution is 2.28. The predicted octanol–water partition coefficient (Wildman–Crippen LogP) is 4.09. The summed E-state index contributed by atoms with van der Waals surface area (Å²) >= 11 is 0. The highest BCUT2D eigenvalue weighted by molar-refractivity contribution is 5.79. The molecule has 1 fully saturated rings. The number of amides is 1. The van der Waals surface area contributed by atoms with Crippen LogP contribution in [-0.2, 0) is 16.1 Å². The molecule has 7 nitrogen and oxygen atoms in total. The predicted molar refractivity (Wildman–Crippen MR) is 113 cm³/mol. The molecule has 1 saturated heterocycles. The average molecular weight is 409 g/mol. The Hall–Kier alpha value is -2.90. The zero-order chi connectivity index (χ0) is 20.8. The van der Waals surface area contributed by atoms with Crippen molar-refractivity contribution in [3.8, 4) is 0 Å². The van der Waals surface area contributed by atoms with Gasteiger partial charge in [0.15, 0.2) is 6.23 Å². The third kappa shape index (κ3) is 4.98. The first-order valence-corrected chi connectivity index (χ1v) is 10.4. The van der Waals surface area contributed by atoms with E-state index in [9.17, 15) is 9.90 Å². The lowest BCUT2D eigenvalue weighted by atomic mass is 10.0. The number of hydrogen-bond acceptors (Lipinski definition) is 5. The van der Waals surface area contributed by atoms with Crippen LogP contribution in [0.1, 0.15) is 49.1 Å². The van der Waals surface area contributed by atoms with E-state index in [1.807, 2.05) is 59.4 Å². The maximum absolute atomic E-state index is 11.8. The fourth-order valence-corrected chi connectivity index (χ4v) is 3.68. The van der Waals surface area contributed by atoms with Gasteiger partial charge in [0.25, 0.3) is 0 Å². The van der Waals surface area contributed by atoms with Crippen molar-refractivity contribution >= 4 is 17.0 Å². The lowest BCUT2D eigenvalue weighted by Gasteiger charge is -2.23. The molecule has 30 heavy (non-hydrogen) atoms. The van der Waals surface area contributed by atoms with Gasteiger partial charge in [0, 0.05) is 18.5 Å². The Morgan fingerprint density at radius 2 is 2.13 bits per heavy atom. The largest absolute Gasteiger partial charge is 0.445 e. The van der Waals surface area contributed by atoms with Crippen LogP contribution in [0.25, 0.3) is 10.9 Å². The molecule has 1 aliphatic rings. The molecule has 2 heterocycles. The molecule has 0 saturated carbocycles. The van der Waals surface area contributed by atoms with Gasteiger partial charge in [-0.1, -0.05) is 36.4 Å². The van der Waals surface area contributed by atoms with Crippen LogP contribution in [0, 0.1) is 0 Å². The number of nitrogens with zero attached hydrogens (tertiary/aromatic N) is 2. The maximum Gasteiger partial charge on any atom is 0.407 e. The average Bonchev–Trinajstić information content (AvgIpc) is 3.22. The van der Waals surface area contributed by atoms with Crippen LogP contribution >= 0.6 is 0 Å². The van der Waals surface area contributed by atoms with Gasteiger partial charge in [-0.25, -0.2) is 9.48 Å². The molecule has 2 unspecified atom stereocenters. The number of ether oxygens (including phenoxy) is 2. The Bertz CT molecular complexity index is 967. The molecule has 2 aromatic carbocycles. The highest BCUT2D eigenvalue weighted by Gasteiger charge is 2.19. The van der Waals surface area contributed by atoms with E-state index in [2.05, 4.69) is 10.4 Å². The molecule has 4 rings (SSSR count). The van der Waals surface area contributed by atoms with Crippen LogP contribution in [0.15, 0.2) is 54.7 Å². The zero-order valence-corrected chi connectivity index (χ0v) is 16.9. The number of nitrogens with one attached hydrogen (secondary N) is 1. The van der Waals surface area contributed by atoms with Crippen LogP contribution in [0.2, 0.25) is 0 Å². The fourth-order valence-electron chi connectivity index (χ4n) is 3.68. The first-order valence-electron chi connectivity index (χ1n) is 10.4. The van der Waals surface area contributed by atoms with Crippen LogP contribution in [0.4, 0.5) is 4.79 Å². The van der Waals surface area contributed by atoms with E-state index in [0.717, 1.165) is 47.9 Å². The molecule has 0 spiro atoms. The van der Waals surface area contributed by atoms with Crippen LogP contribution < -0.4 is 5.32 Å². The number of hydrogen-bond donors (Lipinski definition) is 2. The molecule has 158 valence electrons. The monoisotopic (exact) mass is 409 g/mol. The molecular weight excluding hydrogens is 382 g/mol. The van der Waals surface area contributed by atoms with Gasteiger partial charge >= 0.3 is 6.09 Å². The van der Waals surface area contributed by atoms with Crippen molar-refractivity contribution in [1.82, 2.24) is 15.1 Å². The first-order chi connectivity index (χ1) is 14.7. The number of carbonyl (C=O) groups is 1. The summed E-state index contributed by atoms with van der Waals surface area (Å²) in [4.78, 5) is 11.8. The Kier molecular flexibility index (Phi) is 6.61. The number of rotatable bonds is 7. The van der Waals surface area contributed by atoms with Gasteiger partial charge in [0.2, 0.25) is 0 Å². The van der Waals surface area contributed by atoms with E-state index in [1.165, 1.54) is 0 Å². The standard InChI is InChI=1S/C23H27N3O4/c27-21(11-12-24-23(28)30-16-17-6-2-1-3-7-17)18-9-10-20-19(14-18)15-25-26(20)22-8-4-5-13-29-22/h1-3,6-7,9-10,14-15,21-22,27H,4-5,8,11-13,16H2,(H,24,28). The van der Waals surface area contributed by atoms with E-state index in [1.54, 1.807) is 0 Å². The first kappa shape index (κ1) is 20.4.